The average molecular weight is 256 g/mol. The van der Waals surface area contributed by atoms with Gasteiger partial charge in [-0.15, -0.1) is 0 Å². The summed E-state index contributed by atoms with van der Waals surface area (Å²) in [6.07, 6.45) is -2.68. The zero-order valence-electron chi connectivity index (χ0n) is 9.57. The summed E-state index contributed by atoms with van der Waals surface area (Å²) < 4.78 is 38.8. The Morgan fingerprint density at radius 3 is 2.33 bits per heavy atom. The van der Waals surface area contributed by atoms with Gasteiger partial charge in [0, 0.05) is 18.8 Å². The lowest BCUT2D eigenvalue weighted by Gasteiger charge is -2.07. The van der Waals surface area contributed by atoms with Gasteiger partial charge < -0.3 is 5.11 Å². The van der Waals surface area contributed by atoms with Gasteiger partial charge in [-0.25, -0.2) is 0 Å². The second kappa shape index (κ2) is 4.45. The predicted molar refractivity (Wildman–Crippen MR) is 59.6 cm³/mol. The highest BCUT2D eigenvalue weighted by Crippen LogP contribution is 2.31. The van der Waals surface area contributed by atoms with E-state index in [0.29, 0.717) is 16.8 Å². The summed E-state index contributed by atoms with van der Waals surface area (Å²) >= 11 is 0. The van der Waals surface area contributed by atoms with Crippen molar-refractivity contribution in [3.63, 3.8) is 0 Å². The van der Waals surface area contributed by atoms with E-state index in [9.17, 15) is 13.2 Å². The van der Waals surface area contributed by atoms with Crippen LogP contribution >= 0.6 is 0 Å². The number of hydrogen-bond acceptors (Lipinski definition) is 2. The molecule has 1 aromatic carbocycles. The fourth-order valence-electron chi connectivity index (χ4n) is 1.73. The molecule has 96 valence electrons. The Morgan fingerprint density at radius 2 is 1.83 bits per heavy atom. The first-order valence-electron chi connectivity index (χ1n) is 5.23. The van der Waals surface area contributed by atoms with Gasteiger partial charge in [0.05, 0.1) is 17.9 Å². The summed E-state index contributed by atoms with van der Waals surface area (Å²) in [6.45, 7) is -0.253. The summed E-state index contributed by atoms with van der Waals surface area (Å²) in [5.74, 6) is 0. The summed E-state index contributed by atoms with van der Waals surface area (Å²) in [6, 6.07) is 4.78. The summed E-state index contributed by atoms with van der Waals surface area (Å²) in [7, 11) is 1.69. The van der Waals surface area contributed by atoms with Crippen LogP contribution in [0.25, 0.3) is 11.1 Å². The SMILES string of the molecule is Cn1cc(-c2ccc(C(F)(F)F)cc2)c(CO)n1. The second-order valence-electron chi connectivity index (χ2n) is 3.90. The molecule has 1 N–H and O–H groups in total. The van der Waals surface area contributed by atoms with Crippen molar-refractivity contribution in [2.45, 2.75) is 12.8 Å². The number of hydrogen-bond donors (Lipinski definition) is 1. The minimum atomic E-state index is -4.34. The van der Waals surface area contributed by atoms with Crippen LogP contribution in [0.1, 0.15) is 11.3 Å². The molecule has 0 fully saturated rings. The van der Waals surface area contributed by atoms with Gasteiger partial charge in [-0.05, 0) is 17.7 Å². The number of benzene rings is 1. The van der Waals surface area contributed by atoms with E-state index >= 15 is 0 Å². The van der Waals surface area contributed by atoms with Crippen LogP contribution < -0.4 is 0 Å². The Kier molecular flexibility index (Phi) is 3.13. The number of rotatable bonds is 2. The molecule has 3 nitrogen and oxygen atoms in total. The lowest BCUT2D eigenvalue weighted by molar-refractivity contribution is -0.137. The molecule has 0 amide bonds. The van der Waals surface area contributed by atoms with Crippen LogP contribution in [0.2, 0.25) is 0 Å². The van der Waals surface area contributed by atoms with Crippen molar-refractivity contribution in [3.05, 3.63) is 41.7 Å². The topological polar surface area (TPSA) is 38.0 Å². The zero-order valence-corrected chi connectivity index (χ0v) is 9.57. The second-order valence-corrected chi connectivity index (χ2v) is 3.90. The molecule has 1 aromatic heterocycles. The molecule has 0 aliphatic rings. The first-order chi connectivity index (χ1) is 8.41. The van der Waals surface area contributed by atoms with Gasteiger partial charge in [0.1, 0.15) is 0 Å². The molecule has 0 aliphatic heterocycles. The van der Waals surface area contributed by atoms with E-state index in [4.69, 9.17) is 5.11 Å². The van der Waals surface area contributed by atoms with Crippen molar-refractivity contribution in [1.82, 2.24) is 9.78 Å². The van der Waals surface area contributed by atoms with Gasteiger partial charge in [-0.3, -0.25) is 4.68 Å². The first kappa shape index (κ1) is 12.6. The number of aromatic nitrogens is 2. The van der Waals surface area contributed by atoms with Crippen LogP contribution in [0, 0.1) is 0 Å². The van der Waals surface area contributed by atoms with Crippen molar-refractivity contribution in [1.29, 1.82) is 0 Å². The third-order valence-corrected chi connectivity index (χ3v) is 2.58. The zero-order chi connectivity index (χ0) is 13.3. The minimum Gasteiger partial charge on any atom is -0.390 e. The van der Waals surface area contributed by atoms with Gasteiger partial charge >= 0.3 is 6.18 Å². The molecular weight excluding hydrogens is 245 g/mol. The number of alkyl halides is 3. The van der Waals surface area contributed by atoms with Crippen molar-refractivity contribution in [2.24, 2.45) is 7.05 Å². The third-order valence-electron chi connectivity index (χ3n) is 2.58. The quantitative estimate of drug-likeness (QED) is 0.896. The highest BCUT2D eigenvalue weighted by molar-refractivity contribution is 5.65. The highest BCUT2D eigenvalue weighted by atomic mass is 19.4. The number of aryl methyl sites for hydroxylation is 1. The molecule has 0 aliphatic carbocycles. The Balaban J connectivity index is 2.40. The summed E-state index contributed by atoms with van der Waals surface area (Å²) in [4.78, 5) is 0. The molecular formula is C12H11F3N2O. The normalized spacial score (nSPS) is 11.8. The minimum absolute atomic E-state index is 0.253. The van der Waals surface area contributed by atoms with Crippen LogP contribution in [-0.4, -0.2) is 14.9 Å². The molecule has 2 aromatic rings. The van der Waals surface area contributed by atoms with E-state index in [0.717, 1.165) is 12.1 Å². The molecule has 6 heteroatoms. The molecule has 1 heterocycles. The van der Waals surface area contributed by atoms with E-state index < -0.39 is 11.7 Å². The van der Waals surface area contributed by atoms with Crippen molar-refractivity contribution >= 4 is 0 Å². The van der Waals surface area contributed by atoms with Crippen molar-refractivity contribution < 1.29 is 18.3 Å². The van der Waals surface area contributed by atoms with Crippen molar-refractivity contribution in [2.75, 3.05) is 0 Å². The number of aliphatic hydroxyl groups excluding tert-OH is 1. The van der Waals surface area contributed by atoms with Gasteiger partial charge in [-0.2, -0.15) is 18.3 Å². The van der Waals surface area contributed by atoms with Gasteiger partial charge in [0.2, 0.25) is 0 Å². The van der Waals surface area contributed by atoms with E-state index in [1.807, 2.05) is 0 Å². The maximum Gasteiger partial charge on any atom is 0.416 e. The summed E-state index contributed by atoms with van der Waals surface area (Å²) in [5.41, 5.74) is 0.979. The van der Waals surface area contributed by atoms with E-state index in [-0.39, 0.29) is 6.61 Å². The Bertz CT molecular complexity index is 543. The van der Waals surface area contributed by atoms with Crippen LogP contribution in [-0.2, 0) is 19.8 Å². The number of aliphatic hydroxyl groups is 1. The molecule has 0 unspecified atom stereocenters. The van der Waals surface area contributed by atoms with Crippen molar-refractivity contribution in [3.8, 4) is 11.1 Å². The molecule has 0 bridgehead atoms. The van der Waals surface area contributed by atoms with E-state index in [1.54, 1.807) is 13.2 Å². The molecule has 0 atom stereocenters. The lowest BCUT2D eigenvalue weighted by atomic mass is 10.0. The van der Waals surface area contributed by atoms with Crippen LogP contribution in [0.5, 0.6) is 0 Å². The molecule has 0 saturated carbocycles. The Labute approximate surface area is 101 Å². The van der Waals surface area contributed by atoms with Gasteiger partial charge in [0.25, 0.3) is 0 Å². The molecule has 2 rings (SSSR count). The molecule has 0 saturated heterocycles. The van der Waals surface area contributed by atoms with Crippen LogP contribution in [0.15, 0.2) is 30.5 Å². The Morgan fingerprint density at radius 1 is 1.22 bits per heavy atom. The standard InChI is InChI=1S/C12H11F3N2O/c1-17-6-10(11(7-18)16-17)8-2-4-9(5-3-8)12(13,14)15/h2-6,18H,7H2,1H3. The predicted octanol–water partition coefficient (Wildman–Crippen LogP) is 2.60. The molecule has 18 heavy (non-hydrogen) atoms. The van der Waals surface area contributed by atoms with E-state index in [1.165, 1.54) is 16.8 Å². The largest absolute Gasteiger partial charge is 0.416 e. The van der Waals surface area contributed by atoms with Crippen LogP contribution in [0.4, 0.5) is 13.2 Å². The van der Waals surface area contributed by atoms with Gasteiger partial charge in [-0.1, -0.05) is 12.1 Å². The smallest absolute Gasteiger partial charge is 0.390 e. The van der Waals surface area contributed by atoms with Crippen LogP contribution in [0.3, 0.4) is 0 Å². The summed E-state index contributed by atoms with van der Waals surface area (Å²) in [5, 5.41) is 13.1. The third kappa shape index (κ3) is 2.38. The highest BCUT2D eigenvalue weighted by Gasteiger charge is 2.30. The molecule has 0 spiro atoms. The number of halogens is 3. The maximum absolute atomic E-state index is 12.4. The average Bonchev–Trinajstić information content (AvgIpc) is 2.69. The van der Waals surface area contributed by atoms with Gasteiger partial charge in [0.15, 0.2) is 0 Å². The lowest BCUT2D eigenvalue weighted by Crippen LogP contribution is -2.04. The Hall–Kier alpha value is -1.82. The fraction of sp³-hybridized carbons (Fsp3) is 0.250. The maximum atomic E-state index is 12.4. The van der Waals surface area contributed by atoms with E-state index in [2.05, 4.69) is 5.10 Å². The first-order valence-corrected chi connectivity index (χ1v) is 5.23. The molecule has 0 radical (unpaired) electrons. The monoisotopic (exact) mass is 256 g/mol. The number of nitrogens with zero attached hydrogens (tertiary/aromatic N) is 2. The fourth-order valence-corrected chi connectivity index (χ4v) is 1.73.